The van der Waals surface area contributed by atoms with E-state index in [2.05, 4.69) is 21.4 Å². The molecule has 1 aromatic carbocycles. The summed E-state index contributed by atoms with van der Waals surface area (Å²) in [5.74, 6) is 0.498. The number of para-hydroxylation sites is 2. The van der Waals surface area contributed by atoms with Crippen LogP contribution < -0.4 is 5.32 Å². The summed E-state index contributed by atoms with van der Waals surface area (Å²) in [6.45, 7) is 0. The molecule has 0 atom stereocenters. The maximum atomic E-state index is 12.5. The largest absolute Gasteiger partial charge is 0.323 e. The van der Waals surface area contributed by atoms with E-state index >= 15 is 0 Å². The summed E-state index contributed by atoms with van der Waals surface area (Å²) in [6, 6.07) is 13.7. The van der Waals surface area contributed by atoms with E-state index in [0.717, 1.165) is 29.7 Å². The molecule has 124 valence electrons. The Morgan fingerprint density at radius 2 is 1.96 bits per heavy atom. The van der Waals surface area contributed by atoms with Gasteiger partial charge in [0.1, 0.15) is 17.6 Å². The van der Waals surface area contributed by atoms with Crippen LogP contribution >= 0.6 is 0 Å². The topological polar surface area (TPSA) is 83.6 Å². The van der Waals surface area contributed by atoms with Gasteiger partial charge in [-0.3, -0.25) is 9.36 Å². The number of nitrogens with zero attached hydrogens (tertiary/aromatic N) is 4. The van der Waals surface area contributed by atoms with Crippen molar-refractivity contribution in [2.75, 3.05) is 5.32 Å². The van der Waals surface area contributed by atoms with Crippen molar-refractivity contribution in [2.24, 2.45) is 5.41 Å². The van der Waals surface area contributed by atoms with Gasteiger partial charge in [-0.25, -0.2) is 9.97 Å². The zero-order valence-electron chi connectivity index (χ0n) is 13.6. The van der Waals surface area contributed by atoms with Crippen molar-refractivity contribution < 1.29 is 4.79 Å². The summed E-state index contributed by atoms with van der Waals surface area (Å²) in [5.41, 5.74) is 1.58. The summed E-state index contributed by atoms with van der Waals surface area (Å²) in [7, 11) is 0. The molecule has 0 spiro atoms. The highest BCUT2D eigenvalue weighted by atomic mass is 16.2. The van der Waals surface area contributed by atoms with Gasteiger partial charge >= 0.3 is 0 Å². The number of imidazole rings is 1. The number of nitrogens with one attached hydrogen (secondary N) is 1. The van der Waals surface area contributed by atoms with E-state index < -0.39 is 5.41 Å². The lowest BCUT2D eigenvalue weighted by molar-refractivity contribution is -0.122. The number of carbonyl (C=O) groups excluding carboxylic acids is 1. The first kappa shape index (κ1) is 15.3. The monoisotopic (exact) mass is 331 g/mol. The molecule has 0 unspecified atom stereocenters. The van der Waals surface area contributed by atoms with Crippen molar-refractivity contribution in [1.82, 2.24) is 14.5 Å². The van der Waals surface area contributed by atoms with Gasteiger partial charge in [-0.2, -0.15) is 5.26 Å². The molecular formula is C19H17N5O. The lowest BCUT2D eigenvalue weighted by Gasteiger charge is -2.19. The van der Waals surface area contributed by atoms with Crippen LogP contribution in [0.5, 0.6) is 0 Å². The molecule has 1 fully saturated rings. The number of rotatable bonds is 3. The predicted molar refractivity (Wildman–Crippen MR) is 94.0 cm³/mol. The average Bonchev–Trinajstić information content (AvgIpc) is 3.30. The fourth-order valence-corrected chi connectivity index (χ4v) is 3.36. The molecule has 1 aliphatic carbocycles. The molecule has 1 saturated carbocycles. The van der Waals surface area contributed by atoms with Gasteiger partial charge in [-0.15, -0.1) is 0 Å². The van der Waals surface area contributed by atoms with Crippen LogP contribution in [0.4, 0.5) is 5.69 Å². The van der Waals surface area contributed by atoms with Crippen LogP contribution in [0.15, 0.2) is 48.9 Å². The van der Waals surface area contributed by atoms with Gasteiger partial charge in [0.25, 0.3) is 0 Å². The molecule has 0 aliphatic heterocycles. The highest BCUT2D eigenvalue weighted by molar-refractivity contribution is 5.97. The first-order valence-electron chi connectivity index (χ1n) is 8.33. The Morgan fingerprint density at radius 1 is 1.16 bits per heavy atom. The third-order valence-electron chi connectivity index (χ3n) is 4.81. The maximum absolute atomic E-state index is 12.5. The lowest BCUT2D eigenvalue weighted by Crippen LogP contribution is -2.32. The second kappa shape index (κ2) is 6.02. The van der Waals surface area contributed by atoms with Crippen molar-refractivity contribution >= 4 is 22.6 Å². The molecule has 2 aromatic heterocycles. The van der Waals surface area contributed by atoms with Crippen LogP contribution in [0.2, 0.25) is 0 Å². The Hall–Kier alpha value is -3.20. The Balaban J connectivity index is 1.56. The molecule has 1 amide bonds. The van der Waals surface area contributed by atoms with Gasteiger partial charge in [-0.1, -0.05) is 25.0 Å². The third kappa shape index (κ3) is 2.64. The number of pyridine rings is 1. The van der Waals surface area contributed by atoms with Gasteiger partial charge in [0.2, 0.25) is 5.91 Å². The van der Waals surface area contributed by atoms with Crippen molar-refractivity contribution in [3.05, 3.63) is 48.9 Å². The van der Waals surface area contributed by atoms with Crippen LogP contribution in [0, 0.1) is 16.7 Å². The van der Waals surface area contributed by atoms with E-state index in [1.54, 1.807) is 18.6 Å². The highest BCUT2D eigenvalue weighted by Crippen LogP contribution is 2.38. The minimum absolute atomic E-state index is 0.227. The summed E-state index contributed by atoms with van der Waals surface area (Å²) < 4.78 is 1.90. The zero-order valence-corrected chi connectivity index (χ0v) is 13.6. The second-order valence-corrected chi connectivity index (χ2v) is 6.36. The number of nitriles is 1. The van der Waals surface area contributed by atoms with Crippen molar-refractivity contribution in [3.8, 4) is 11.9 Å². The zero-order chi connectivity index (χ0) is 17.3. The van der Waals surface area contributed by atoms with Crippen LogP contribution in [0.25, 0.3) is 16.9 Å². The van der Waals surface area contributed by atoms with Gasteiger partial charge in [0, 0.05) is 0 Å². The smallest absolute Gasteiger partial charge is 0.244 e. The number of anilines is 1. The lowest BCUT2D eigenvalue weighted by atomic mass is 9.87. The molecule has 6 heteroatoms. The molecule has 25 heavy (non-hydrogen) atoms. The summed E-state index contributed by atoms with van der Waals surface area (Å²) in [5, 5.41) is 12.2. The van der Waals surface area contributed by atoms with Gasteiger partial charge in [-0.05, 0) is 37.1 Å². The average molecular weight is 331 g/mol. The van der Waals surface area contributed by atoms with E-state index in [4.69, 9.17) is 0 Å². The molecule has 2 heterocycles. The standard InChI is InChI=1S/C19H17N5O/c20-12-19(9-3-4-10-19)18(25)23-14-7-8-17(21-11-14)24-13-22-15-5-1-2-6-16(15)24/h1-2,5-8,11,13H,3-4,9-10H2,(H,23,25). The number of benzene rings is 1. The summed E-state index contributed by atoms with van der Waals surface area (Å²) in [6.07, 6.45) is 6.44. The van der Waals surface area contributed by atoms with E-state index in [1.165, 1.54) is 0 Å². The molecule has 6 nitrogen and oxygen atoms in total. The molecule has 0 bridgehead atoms. The first-order chi connectivity index (χ1) is 12.2. The van der Waals surface area contributed by atoms with E-state index in [1.807, 2.05) is 34.9 Å². The normalized spacial score (nSPS) is 15.8. The fraction of sp³-hybridized carbons (Fsp3) is 0.263. The molecule has 4 rings (SSSR count). The maximum Gasteiger partial charge on any atom is 0.244 e. The number of fused-ring (bicyclic) bond motifs is 1. The van der Waals surface area contributed by atoms with E-state index in [-0.39, 0.29) is 5.91 Å². The van der Waals surface area contributed by atoms with Crippen LogP contribution in [-0.2, 0) is 4.79 Å². The quantitative estimate of drug-likeness (QED) is 0.797. The van der Waals surface area contributed by atoms with E-state index in [0.29, 0.717) is 18.5 Å². The van der Waals surface area contributed by atoms with Gasteiger partial charge in [0.05, 0.1) is 29.0 Å². The minimum atomic E-state index is -0.890. The molecule has 1 aliphatic rings. The first-order valence-corrected chi connectivity index (χ1v) is 8.33. The molecule has 0 radical (unpaired) electrons. The number of hydrogen-bond acceptors (Lipinski definition) is 4. The number of aromatic nitrogens is 3. The van der Waals surface area contributed by atoms with Gasteiger partial charge < -0.3 is 5.32 Å². The Morgan fingerprint density at radius 3 is 2.68 bits per heavy atom. The van der Waals surface area contributed by atoms with Crippen molar-refractivity contribution in [1.29, 1.82) is 5.26 Å². The molecular weight excluding hydrogens is 314 g/mol. The SMILES string of the molecule is N#CC1(C(=O)Nc2ccc(-n3cnc4ccccc43)nc2)CCCC1. The summed E-state index contributed by atoms with van der Waals surface area (Å²) in [4.78, 5) is 21.3. The highest BCUT2D eigenvalue weighted by Gasteiger charge is 2.41. The number of carbonyl (C=O) groups is 1. The third-order valence-corrected chi connectivity index (χ3v) is 4.81. The Labute approximate surface area is 145 Å². The number of amides is 1. The Bertz CT molecular complexity index is 961. The fourth-order valence-electron chi connectivity index (χ4n) is 3.36. The Kier molecular flexibility index (Phi) is 3.69. The second-order valence-electron chi connectivity index (χ2n) is 6.36. The molecule has 3 aromatic rings. The molecule has 0 saturated heterocycles. The van der Waals surface area contributed by atoms with Crippen molar-refractivity contribution in [2.45, 2.75) is 25.7 Å². The minimum Gasteiger partial charge on any atom is -0.323 e. The van der Waals surface area contributed by atoms with Crippen LogP contribution in [0.1, 0.15) is 25.7 Å². The molecule has 1 N–H and O–H groups in total. The van der Waals surface area contributed by atoms with E-state index in [9.17, 15) is 10.1 Å². The van der Waals surface area contributed by atoms with Crippen LogP contribution in [-0.4, -0.2) is 20.4 Å². The predicted octanol–water partition coefficient (Wildman–Crippen LogP) is 3.44. The number of hydrogen-bond donors (Lipinski definition) is 1. The van der Waals surface area contributed by atoms with Crippen molar-refractivity contribution in [3.63, 3.8) is 0 Å². The van der Waals surface area contributed by atoms with Crippen LogP contribution in [0.3, 0.4) is 0 Å². The van der Waals surface area contributed by atoms with Gasteiger partial charge in [0.15, 0.2) is 0 Å². The summed E-state index contributed by atoms with van der Waals surface area (Å²) >= 11 is 0.